The average Bonchev–Trinajstić information content (AvgIpc) is 2.83. The van der Waals surface area contributed by atoms with Crippen LogP contribution in [0.1, 0.15) is 33.1 Å². The van der Waals surface area contributed by atoms with Crippen LogP contribution in [0, 0.1) is 5.92 Å². The van der Waals surface area contributed by atoms with Crippen molar-refractivity contribution < 1.29 is 18.0 Å². The number of pyridine rings is 1. The standard InChI is InChI=1S/C17H26N4O4S/c1-3-12(2)16(18)17(23)20-13-7-6-10-21(11-14(13)22)26(24,25)15-8-4-5-9-19-15/h4-5,8-9,12-13,16H,3,6-7,10-11,18H2,1-2H3,(H,20,23)/t12-,13?,16+/m1/s1. The second-order valence-corrected chi connectivity index (χ2v) is 8.47. The van der Waals surface area contributed by atoms with E-state index < -0.39 is 22.1 Å². The van der Waals surface area contributed by atoms with Gasteiger partial charge in [-0.05, 0) is 30.9 Å². The molecule has 26 heavy (non-hydrogen) atoms. The molecule has 0 saturated carbocycles. The number of hydrogen-bond donors (Lipinski definition) is 2. The van der Waals surface area contributed by atoms with Crippen molar-refractivity contribution in [1.29, 1.82) is 0 Å². The molecule has 1 aliphatic heterocycles. The molecule has 1 aromatic heterocycles. The Labute approximate surface area is 154 Å². The van der Waals surface area contributed by atoms with Crippen LogP contribution in [-0.4, -0.2) is 54.6 Å². The SMILES string of the molecule is CC[C@@H](C)[C@H](N)C(=O)NC1CCCN(S(=O)(=O)c2ccccn2)CC1=O. The van der Waals surface area contributed by atoms with Crippen LogP contribution in [0.3, 0.4) is 0 Å². The molecule has 1 amide bonds. The zero-order valence-electron chi connectivity index (χ0n) is 15.1. The summed E-state index contributed by atoms with van der Waals surface area (Å²) in [5, 5.41) is 2.60. The van der Waals surface area contributed by atoms with Crippen molar-refractivity contribution in [3.8, 4) is 0 Å². The molecule has 0 aliphatic carbocycles. The van der Waals surface area contributed by atoms with E-state index in [9.17, 15) is 18.0 Å². The van der Waals surface area contributed by atoms with E-state index in [-0.39, 0.29) is 35.7 Å². The Morgan fingerprint density at radius 1 is 1.46 bits per heavy atom. The van der Waals surface area contributed by atoms with E-state index in [1.807, 2.05) is 13.8 Å². The van der Waals surface area contributed by atoms with Crippen LogP contribution < -0.4 is 11.1 Å². The van der Waals surface area contributed by atoms with Gasteiger partial charge in [0, 0.05) is 12.7 Å². The second-order valence-electron chi connectivity index (χ2n) is 6.59. The first kappa shape index (κ1) is 20.5. The summed E-state index contributed by atoms with van der Waals surface area (Å²) >= 11 is 0. The van der Waals surface area contributed by atoms with Crippen molar-refractivity contribution in [2.45, 2.75) is 50.2 Å². The topological polar surface area (TPSA) is 122 Å². The van der Waals surface area contributed by atoms with Gasteiger partial charge in [0.2, 0.25) is 5.91 Å². The lowest BCUT2D eigenvalue weighted by Gasteiger charge is -2.22. The number of Topliss-reactive ketones (excluding diaryl/α,β-unsaturated/α-hetero) is 1. The number of nitrogens with zero attached hydrogens (tertiary/aromatic N) is 2. The van der Waals surface area contributed by atoms with Crippen molar-refractivity contribution in [2.75, 3.05) is 13.1 Å². The molecule has 144 valence electrons. The minimum absolute atomic E-state index is 0.00286. The van der Waals surface area contributed by atoms with Crippen LogP contribution in [0.25, 0.3) is 0 Å². The fourth-order valence-corrected chi connectivity index (χ4v) is 4.14. The smallest absolute Gasteiger partial charge is 0.260 e. The molecule has 1 fully saturated rings. The maximum Gasteiger partial charge on any atom is 0.260 e. The molecule has 0 aromatic carbocycles. The summed E-state index contributed by atoms with van der Waals surface area (Å²) in [4.78, 5) is 28.6. The normalized spacial score (nSPS) is 21.7. The summed E-state index contributed by atoms with van der Waals surface area (Å²) in [6.45, 7) is 3.73. The van der Waals surface area contributed by atoms with Gasteiger partial charge in [0.1, 0.15) is 0 Å². The fourth-order valence-electron chi connectivity index (χ4n) is 2.77. The first-order valence-corrected chi connectivity index (χ1v) is 10.2. The predicted octanol–water partition coefficient (Wildman–Crippen LogP) is 0.293. The van der Waals surface area contributed by atoms with E-state index >= 15 is 0 Å². The maximum absolute atomic E-state index is 12.7. The van der Waals surface area contributed by atoms with E-state index in [0.29, 0.717) is 12.8 Å². The molecule has 3 N–H and O–H groups in total. The first-order valence-electron chi connectivity index (χ1n) is 8.77. The molecule has 1 saturated heterocycles. The summed E-state index contributed by atoms with van der Waals surface area (Å²) in [7, 11) is -3.84. The molecule has 0 radical (unpaired) electrons. The van der Waals surface area contributed by atoms with Crippen LogP contribution >= 0.6 is 0 Å². The highest BCUT2D eigenvalue weighted by Crippen LogP contribution is 2.18. The Morgan fingerprint density at radius 2 is 2.19 bits per heavy atom. The van der Waals surface area contributed by atoms with Gasteiger partial charge in [-0.3, -0.25) is 9.59 Å². The van der Waals surface area contributed by atoms with Crippen LogP contribution in [0.4, 0.5) is 0 Å². The number of nitrogens with two attached hydrogens (primary N) is 1. The summed E-state index contributed by atoms with van der Waals surface area (Å²) in [5.74, 6) is -0.720. The molecule has 0 spiro atoms. The van der Waals surface area contributed by atoms with Gasteiger partial charge < -0.3 is 11.1 Å². The lowest BCUT2D eigenvalue weighted by atomic mass is 9.98. The number of amides is 1. The number of nitrogens with one attached hydrogen (secondary N) is 1. The van der Waals surface area contributed by atoms with E-state index in [0.717, 1.165) is 10.7 Å². The molecule has 8 nitrogen and oxygen atoms in total. The molecule has 9 heteroatoms. The third-order valence-electron chi connectivity index (χ3n) is 4.74. The third-order valence-corrected chi connectivity index (χ3v) is 6.50. The highest BCUT2D eigenvalue weighted by atomic mass is 32.2. The fraction of sp³-hybridized carbons (Fsp3) is 0.588. The molecule has 1 aliphatic rings. The molecular weight excluding hydrogens is 356 g/mol. The molecule has 2 heterocycles. The number of aromatic nitrogens is 1. The number of hydrogen-bond acceptors (Lipinski definition) is 6. The monoisotopic (exact) mass is 382 g/mol. The van der Waals surface area contributed by atoms with Gasteiger partial charge in [0.05, 0.1) is 18.6 Å². The average molecular weight is 382 g/mol. The summed E-state index contributed by atoms with van der Waals surface area (Å²) < 4.78 is 26.4. The minimum atomic E-state index is -3.84. The van der Waals surface area contributed by atoms with Crippen LogP contribution in [-0.2, 0) is 19.6 Å². The number of carbonyl (C=O) groups is 2. The number of carbonyl (C=O) groups excluding carboxylic acids is 2. The number of rotatable bonds is 6. The Bertz CT molecular complexity index is 738. The molecule has 0 bridgehead atoms. The van der Waals surface area contributed by atoms with Gasteiger partial charge in [0.25, 0.3) is 10.0 Å². The summed E-state index contributed by atoms with van der Waals surface area (Å²) in [6.07, 6.45) is 2.99. The number of ketones is 1. The Balaban J connectivity index is 2.08. The van der Waals surface area contributed by atoms with Crippen molar-refractivity contribution in [2.24, 2.45) is 11.7 Å². The van der Waals surface area contributed by atoms with E-state index in [4.69, 9.17) is 5.73 Å². The van der Waals surface area contributed by atoms with E-state index in [1.54, 1.807) is 12.1 Å². The van der Waals surface area contributed by atoms with Crippen molar-refractivity contribution in [3.63, 3.8) is 0 Å². The summed E-state index contributed by atoms with van der Waals surface area (Å²) in [6, 6.07) is 3.19. The molecule has 2 rings (SSSR count). The molecule has 1 unspecified atom stereocenters. The van der Waals surface area contributed by atoms with Gasteiger partial charge in [0.15, 0.2) is 10.8 Å². The van der Waals surface area contributed by atoms with Crippen LogP contribution in [0.5, 0.6) is 0 Å². The van der Waals surface area contributed by atoms with Gasteiger partial charge in [-0.25, -0.2) is 13.4 Å². The zero-order chi connectivity index (χ0) is 19.3. The number of sulfonamides is 1. The van der Waals surface area contributed by atoms with E-state index in [2.05, 4.69) is 10.3 Å². The second kappa shape index (κ2) is 8.70. The van der Waals surface area contributed by atoms with Gasteiger partial charge in [-0.1, -0.05) is 26.3 Å². The van der Waals surface area contributed by atoms with Crippen LogP contribution in [0.15, 0.2) is 29.4 Å². The van der Waals surface area contributed by atoms with Gasteiger partial charge in [-0.2, -0.15) is 4.31 Å². The Morgan fingerprint density at radius 3 is 2.81 bits per heavy atom. The lowest BCUT2D eigenvalue weighted by Crippen LogP contribution is -2.51. The van der Waals surface area contributed by atoms with Crippen molar-refractivity contribution >= 4 is 21.7 Å². The van der Waals surface area contributed by atoms with Gasteiger partial charge >= 0.3 is 0 Å². The zero-order valence-corrected chi connectivity index (χ0v) is 15.9. The Kier molecular flexibility index (Phi) is 6.85. The molecule has 3 atom stereocenters. The van der Waals surface area contributed by atoms with Crippen molar-refractivity contribution in [1.82, 2.24) is 14.6 Å². The maximum atomic E-state index is 12.7. The Hall–Kier alpha value is -1.84. The van der Waals surface area contributed by atoms with Crippen LogP contribution in [0.2, 0.25) is 0 Å². The molecular formula is C17H26N4O4S. The third kappa shape index (κ3) is 4.66. The lowest BCUT2D eigenvalue weighted by molar-refractivity contribution is -0.129. The van der Waals surface area contributed by atoms with Crippen molar-refractivity contribution in [3.05, 3.63) is 24.4 Å². The summed E-state index contributed by atoms with van der Waals surface area (Å²) in [5.41, 5.74) is 5.91. The highest BCUT2D eigenvalue weighted by Gasteiger charge is 2.34. The predicted molar refractivity (Wildman–Crippen MR) is 96.6 cm³/mol. The molecule has 1 aromatic rings. The minimum Gasteiger partial charge on any atom is -0.345 e. The van der Waals surface area contributed by atoms with E-state index in [1.165, 1.54) is 12.3 Å². The quantitative estimate of drug-likeness (QED) is 0.729. The van der Waals surface area contributed by atoms with Gasteiger partial charge in [-0.15, -0.1) is 0 Å². The largest absolute Gasteiger partial charge is 0.345 e. The highest BCUT2D eigenvalue weighted by molar-refractivity contribution is 7.89. The first-order chi connectivity index (χ1) is 12.3.